The average molecular weight is 331 g/mol. The largest absolute Gasteiger partial charge is 0.331 e. The monoisotopic (exact) mass is 331 g/mol. The molecule has 0 aliphatic carbocycles. The fraction of sp³-hybridized carbons (Fsp3) is 0.471. The maximum absolute atomic E-state index is 13.5. The second kappa shape index (κ2) is 6.68. The Bertz CT molecular complexity index is 742. The molecule has 1 aliphatic heterocycles. The first-order valence-electron chi connectivity index (χ1n) is 8.22. The molecule has 1 fully saturated rings. The highest BCUT2D eigenvalue weighted by Crippen LogP contribution is 2.19. The van der Waals surface area contributed by atoms with E-state index in [4.69, 9.17) is 0 Å². The second-order valence-corrected chi connectivity index (χ2v) is 6.39. The molecular weight excluding hydrogens is 309 g/mol. The van der Waals surface area contributed by atoms with Gasteiger partial charge in [0.25, 0.3) is 5.91 Å². The summed E-state index contributed by atoms with van der Waals surface area (Å²) in [6.07, 6.45) is 0. The summed E-state index contributed by atoms with van der Waals surface area (Å²) in [7, 11) is 0. The van der Waals surface area contributed by atoms with Crippen LogP contribution in [-0.2, 0) is 0 Å². The van der Waals surface area contributed by atoms with Gasteiger partial charge in [-0.05, 0) is 25.1 Å². The molecule has 2 aromatic rings. The molecule has 6 nitrogen and oxygen atoms in total. The van der Waals surface area contributed by atoms with E-state index in [9.17, 15) is 9.18 Å². The van der Waals surface area contributed by atoms with Gasteiger partial charge < -0.3 is 10.2 Å². The number of benzene rings is 1. The number of carbonyl (C=O) groups is 1. The normalized spacial score (nSPS) is 18.2. The van der Waals surface area contributed by atoms with Crippen molar-refractivity contribution >= 4 is 5.91 Å². The highest BCUT2D eigenvalue weighted by atomic mass is 19.1. The number of amides is 1. The molecule has 0 saturated carbocycles. The van der Waals surface area contributed by atoms with Crippen LogP contribution in [0.4, 0.5) is 4.39 Å². The lowest BCUT2D eigenvalue weighted by Gasteiger charge is -2.33. The lowest BCUT2D eigenvalue weighted by atomic mass is 10.2. The van der Waals surface area contributed by atoms with Crippen LogP contribution in [0.15, 0.2) is 24.3 Å². The minimum absolute atomic E-state index is 0.0581. The molecule has 0 spiro atoms. The van der Waals surface area contributed by atoms with Gasteiger partial charge in [-0.25, -0.2) is 14.1 Å². The van der Waals surface area contributed by atoms with Gasteiger partial charge in [0, 0.05) is 31.6 Å². The van der Waals surface area contributed by atoms with Gasteiger partial charge in [-0.15, -0.1) is 5.10 Å². The van der Waals surface area contributed by atoms with Crippen LogP contribution in [0.2, 0.25) is 0 Å². The molecule has 24 heavy (non-hydrogen) atoms. The molecule has 128 valence electrons. The summed E-state index contributed by atoms with van der Waals surface area (Å²) in [4.78, 5) is 19.0. The van der Waals surface area contributed by atoms with Crippen molar-refractivity contribution in [2.45, 2.75) is 32.7 Å². The molecular formula is C17H22FN5O. The number of piperazine rings is 1. The van der Waals surface area contributed by atoms with E-state index in [1.54, 1.807) is 21.7 Å². The number of nitrogens with one attached hydrogen (secondary N) is 1. The van der Waals surface area contributed by atoms with Crippen LogP contribution in [0.1, 0.15) is 43.1 Å². The summed E-state index contributed by atoms with van der Waals surface area (Å²) in [6, 6.07) is 6.24. The van der Waals surface area contributed by atoms with E-state index < -0.39 is 0 Å². The van der Waals surface area contributed by atoms with Crippen LogP contribution < -0.4 is 5.32 Å². The standard InChI is InChI=1S/C17H22FN5O/c1-11(2)16-20-15(17(24)22-8-7-19-10-12(22)3)21-23(16)14-6-4-5-13(18)9-14/h4-6,9,11-12,19H,7-8,10H2,1-3H3/t12-/m1/s1. The van der Waals surface area contributed by atoms with E-state index in [2.05, 4.69) is 15.4 Å². The number of aromatic nitrogens is 3. The van der Waals surface area contributed by atoms with E-state index >= 15 is 0 Å². The molecule has 1 aliphatic rings. The quantitative estimate of drug-likeness (QED) is 0.934. The van der Waals surface area contributed by atoms with Gasteiger partial charge in [-0.1, -0.05) is 19.9 Å². The lowest BCUT2D eigenvalue weighted by molar-refractivity contribution is 0.0643. The molecule has 1 amide bonds. The fourth-order valence-corrected chi connectivity index (χ4v) is 2.86. The third-order valence-corrected chi connectivity index (χ3v) is 4.15. The maximum atomic E-state index is 13.5. The lowest BCUT2D eigenvalue weighted by Crippen LogP contribution is -2.52. The molecule has 1 atom stereocenters. The summed E-state index contributed by atoms with van der Waals surface area (Å²) in [5.74, 6) is 0.341. The van der Waals surface area contributed by atoms with Crippen LogP contribution in [-0.4, -0.2) is 51.2 Å². The molecule has 0 bridgehead atoms. The zero-order valence-electron chi connectivity index (χ0n) is 14.2. The molecule has 1 N–H and O–H groups in total. The summed E-state index contributed by atoms with van der Waals surface area (Å²) in [5, 5.41) is 7.64. The summed E-state index contributed by atoms with van der Waals surface area (Å²) in [6.45, 7) is 8.09. The Labute approximate surface area is 140 Å². The van der Waals surface area contributed by atoms with Gasteiger partial charge in [0.05, 0.1) is 5.69 Å². The summed E-state index contributed by atoms with van der Waals surface area (Å²) < 4.78 is 15.1. The molecule has 3 rings (SSSR count). The Hall–Kier alpha value is -2.28. The number of hydrogen-bond acceptors (Lipinski definition) is 4. The highest BCUT2D eigenvalue weighted by molar-refractivity contribution is 5.90. The van der Waals surface area contributed by atoms with Crippen molar-refractivity contribution in [3.63, 3.8) is 0 Å². The molecule has 2 heterocycles. The predicted molar refractivity (Wildman–Crippen MR) is 88.8 cm³/mol. The van der Waals surface area contributed by atoms with Crippen molar-refractivity contribution in [3.8, 4) is 5.69 Å². The Morgan fingerprint density at radius 2 is 2.21 bits per heavy atom. The number of halogens is 1. The van der Waals surface area contributed by atoms with Gasteiger partial charge in [-0.3, -0.25) is 4.79 Å². The first kappa shape index (κ1) is 16.6. The molecule has 0 radical (unpaired) electrons. The third kappa shape index (κ3) is 3.17. The van der Waals surface area contributed by atoms with Gasteiger partial charge in [-0.2, -0.15) is 0 Å². The van der Waals surface area contributed by atoms with Crippen molar-refractivity contribution in [3.05, 3.63) is 41.7 Å². The topological polar surface area (TPSA) is 63.1 Å². The van der Waals surface area contributed by atoms with E-state index in [0.717, 1.165) is 13.1 Å². The van der Waals surface area contributed by atoms with E-state index in [1.807, 2.05) is 20.8 Å². The second-order valence-electron chi connectivity index (χ2n) is 6.39. The van der Waals surface area contributed by atoms with Gasteiger partial charge in [0.2, 0.25) is 5.82 Å². The zero-order chi connectivity index (χ0) is 17.3. The Kier molecular flexibility index (Phi) is 4.62. The fourth-order valence-electron chi connectivity index (χ4n) is 2.86. The maximum Gasteiger partial charge on any atom is 0.293 e. The number of rotatable bonds is 3. The molecule has 1 aromatic carbocycles. The smallest absolute Gasteiger partial charge is 0.293 e. The number of nitrogens with zero attached hydrogens (tertiary/aromatic N) is 4. The molecule has 1 saturated heterocycles. The highest BCUT2D eigenvalue weighted by Gasteiger charge is 2.28. The van der Waals surface area contributed by atoms with E-state index in [1.165, 1.54) is 12.1 Å². The average Bonchev–Trinajstić information content (AvgIpc) is 3.00. The summed E-state index contributed by atoms with van der Waals surface area (Å²) in [5.41, 5.74) is 0.568. The molecule has 7 heteroatoms. The van der Waals surface area contributed by atoms with Crippen molar-refractivity contribution in [1.82, 2.24) is 25.0 Å². The Morgan fingerprint density at radius 3 is 2.88 bits per heavy atom. The Morgan fingerprint density at radius 1 is 1.42 bits per heavy atom. The van der Waals surface area contributed by atoms with Crippen molar-refractivity contribution in [2.24, 2.45) is 0 Å². The number of carbonyl (C=O) groups excluding carboxylic acids is 1. The van der Waals surface area contributed by atoms with Crippen LogP contribution >= 0.6 is 0 Å². The predicted octanol–water partition coefficient (Wildman–Crippen LogP) is 1.96. The number of hydrogen-bond donors (Lipinski definition) is 1. The van der Waals surface area contributed by atoms with Crippen molar-refractivity contribution < 1.29 is 9.18 Å². The SMILES string of the molecule is CC(C)c1nc(C(=O)N2CCNC[C@H]2C)nn1-c1cccc(F)c1. The first-order valence-corrected chi connectivity index (χ1v) is 8.22. The minimum Gasteiger partial charge on any atom is -0.331 e. The molecule has 1 aromatic heterocycles. The van der Waals surface area contributed by atoms with Crippen LogP contribution in [0, 0.1) is 5.82 Å². The van der Waals surface area contributed by atoms with Crippen LogP contribution in [0.25, 0.3) is 5.69 Å². The van der Waals surface area contributed by atoms with Crippen molar-refractivity contribution in [1.29, 1.82) is 0 Å². The summed E-state index contributed by atoms with van der Waals surface area (Å²) >= 11 is 0. The third-order valence-electron chi connectivity index (χ3n) is 4.15. The van der Waals surface area contributed by atoms with Gasteiger partial charge in [0.1, 0.15) is 11.6 Å². The van der Waals surface area contributed by atoms with Crippen molar-refractivity contribution in [2.75, 3.05) is 19.6 Å². The molecule has 0 unspecified atom stereocenters. The van der Waals surface area contributed by atoms with Gasteiger partial charge >= 0.3 is 0 Å². The van der Waals surface area contributed by atoms with E-state index in [0.29, 0.717) is 18.1 Å². The Balaban J connectivity index is 1.98. The minimum atomic E-state index is -0.346. The van der Waals surface area contributed by atoms with E-state index in [-0.39, 0.29) is 29.5 Å². The van der Waals surface area contributed by atoms with Gasteiger partial charge in [0.15, 0.2) is 0 Å². The first-order chi connectivity index (χ1) is 11.5. The van der Waals surface area contributed by atoms with Crippen LogP contribution in [0.5, 0.6) is 0 Å². The zero-order valence-corrected chi connectivity index (χ0v) is 14.2. The van der Waals surface area contributed by atoms with Crippen LogP contribution in [0.3, 0.4) is 0 Å².